The predicted molar refractivity (Wildman–Crippen MR) is 63.0 cm³/mol. The Bertz CT molecular complexity index is 399. The third-order valence-corrected chi connectivity index (χ3v) is 2.73. The van der Waals surface area contributed by atoms with Crippen LogP contribution in [0.5, 0.6) is 0 Å². The first-order valence-electron chi connectivity index (χ1n) is 4.83. The van der Waals surface area contributed by atoms with E-state index in [2.05, 4.69) is 5.18 Å². The van der Waals surface area contributed by atoms with E-state index in [0.717, 1.165) is 5.56 Å². The minimum absolute atomic E-state index is 0.403. The maximum Gasteiger partial charge on any atom is 0.102 e. The number of hydrogen-bond donors (Lipinski definition) is 1. The minimum Gasteiger partial charge on any atom is -0.315 e. The van der Waals surface area contributed by atoms with Crippen molar-refractivity contribution in [3.8, 4) is 6.07 Å². The largest absolute Gasteiger partial charge is 0.315 e. The Kier molecular flexibility index (Phi) is 4.41. The first kappa shape index (κ1) is 12.6. The molecule has 16 heavy (non-hydrogen) atoms. The summed E-state index contributed by atoms with van der Waals surface area (Å²) in [4.78, 5) is 10.6. The highest BCUT2D eigenvalue weighted by Crippen LogP contribution is 2.25. The number of hydrogen-bond acceptors (Lipinski definition) is 4. The average molecular weight is 238 g/mol. The van der Waals surface area contributed by atoms with Crippen LogP contribution in [0.3, 0.4) is 0 Å². The van der Waals surface area contributed by atoms with Crippen molar-refractivity contribution < 1.29 is 0 Å². The van der Waals surface area contributed by atoms with Gasteiger partial charge in [0.1, 0.15) is 6.04 Å². The summed E-state index contributed by atoms with van der Waals surface area (Å²) in [6.07, 6.45) is 0. The van der Waals surface area contributed by atoms with Crippen LogP contribution in [0.4, 0.5) is 0 Å². The Morgan fingerprint density at radius 1 is 1.44 bits per heavy atom. The van der Waals surface area contributed by atoms with Crippen LogP contribution in [0.15, 0.2) is 29.4 Å². The van der Waals surface area contributed by atoms with Gasteiger partial charge in [-0.3, -0.25) is 0 Å². The van der Waals surface area contributed by atoms with Crippen LogP contribution in [0.25, 0.3) is 0 Å². The molecule has 1 rings (SSSR count). The molecule has 3 unspecified atom stereocenters. The molecule has 84 valence electrons. The minimum atomic E-state index is -0.756. The zero-order chi connectivity index (χ0) is 12.1. The van der Waals surface area contributed by atoms with Gasteiger partial charge in [-0.25, -0.2) is 0 Å². The predicted octanol–water partition coefficient (Wildman–Crippen LogP) is 2.43. The molecule has 0 radical (unpaired) electrons. The van der Waals surface area contributed by atoms with Gasteiger partial charge >= 0.3 is 0 Å². The topological polar surface area (TPSA) is 79.2 Å². The van der Waals surface area contributed by atoms with Gasteiger partial charge in [0, 0.05) is 10.9 Å². The number of benzene rings is 1. The van der Waals surface area contributed by atoms with E-state index in [1.807, 2.05) is 6.07 Å². The number of nitrogens with two attached hydrogens (primary N) is 1. The Labute approximate surface area is 99.0 Å². The van der Waals surface area contributed by atoms with Crippen molar-refractivity contribution in [2.24, 2.45) is 10.9 Å². The van der Waals surface area contributed by atoms with E-state index in [0.29, 0.717) is 5.02 Å². The van der Waals surface area contributed by atoms with Gasteiger partial charge in [0.25, 0.3) is 0 Å². The highest BCUT2D eigenvalue weighted by Gasteiger charge is 2.26. The van der Waals surface area contributed by atoms with Gasteiger partial charge in [-0.05, 0) is 24.6 Å². The molecule has 0 spiro atoms. The smallest absolute Gasteiger partial charge is 0.102 e. The molecule has 0 aromatic heterocycles. The van der Waals surface area contributed by atoms with Crippen LogP contribution in [0, 0.1) is 16.2 Å². The van der Waals surface area contributed by atoms with Crippen LogP contribution < -0.4 is 5.73 Å². The fourth-order valence-corrected chi connectivity index (χ4v) is 1.74. The van der Waals surface area contributed by atoms with Crippen LogP contribution in [0.2, 0.25) is 5.02 Å². The van der Waals surface area contributed by atoms with Gasteiger partial charge in [0.05, 0.1) is 12.1 Å². The molecule has 0 aliphatic rings. The third kappa shape index (κ3) is 2.78. The number of nitroso groups, excluding NO2 is 1. The molecule has 0 saturated carbocycles. The summed E-state index contributed by atoms with van der Waals surface area (Å²) in [5, 5.41) is 12.4. The fraction of sp³-hybridized carbons (Fsp3) is 0.364. The molecule has 0 aliphatic carbocycles. The summed E-state index contributed by atoms with van der Waals surface area (Å²) in [5.74, 6) is -0.403. The lowest BCUT2D eigenvalue weighted by atomic mass is 9.87. The molecular weight excluding hydrogens is 226 g/mol. The first-order valence-corrected chi connectivity index (χ1v) is 5.21. The molecule has 1 aromatic carbocycles. The van der Waals surface area contributed by atoms with Gasteiger partial charge in [0.15, 0.2) is 0 Å². The van der Waals surface area contributed by atoms with Crippen molar-refractivity contribution in [2.45, 2.75) is 24.9 Å². The van der Waals surface area contributed by atoms with Crippen molar-refractivity contribution in [1.82, 2.24) is 0 Å². The molecule has 0 saturated heterocycles. The normalized spacial score (nSPS) is 15.9. The second-order valence-corrected chi connectivity index (χ2v) is 4.01. The van der Waals surface area contributed by atoms with Crippen molar-refractivity contribution >= 4 is 11.6 Å². The van der Waals surface area contributed by atoms with E-state index >= 15 is 0 Å². The van der Waals surface area contributed by atoms with E-state index in [9.17, 15) is 4.91 Å². The second-order valence-electron chi connectivity index (χ2n) is 3.58. The zero-order valence-corrected chi connectivity index (χ0v) is 9.56. The summed E-state index contributed by atoms with van der Waals surface area (Å²) >= 11 is 5.76. The van der Waals surface area contributed by atoms with Gasteiger partial charge in [-0.2, -0.15) is 10.2 Å². The number of nitriles is 1. The number of nitrogens with zero attached hydrogens (tertiary/aromatic N) is 2. The lowest BCUT2D eigenvalue weighted by molar-refractivity contribution is 0.524. The molecule has 1 aromatic rings. The maximum absolute atomic E-state index is 10.6. The molecular formula is C11H12ClN3O. The highest BCUT2D eigenvalue weighted by atomic mass is 35.5. The summed E-state index contributed by atoms with van der Waals surface area (Å²) in [5.41, 5.74) is 6.47. The Hall–Kier alpha value is -1.44. The van der Waals surface area contributed by atoms with Crippen molar-refractivity contribution in [1.29, 1.82) is 5.26 Å². The third-order valence-electron chi connectivity index (χ3n) is 2.48. The van der Waals surface area contributed by atoms with Gasteiger partial charge in [-0.15, -0.1) is 0 Å². The maximum atomic E-state index is 10.6. The Morgan fingerprint density at radius 3 is 2.44 bits per heavy atom. The lowest BCUT2D eigenvalue weighted by Crippen LogP contribution is -2.32. The first-order chi connectivity index (χ1) is 7.60. The van der Waals surface area contributed by atoms with Gasteiger partial charge in [-0.1, -0.05) is 28.9 Å². The van der Waals surface area contributed by atoms with Crippen LogP contribution in [-0.2, 0) is 0 Å². The summed E-state index contributed by atoms with van der Waals surface area (Å²) in [6, 6.07) is 7.55. The summed E-state index contributed by atoms with van der Waals surface area (Å²) in [7, 11) is 0. The molecule has 0 amide bonds. The molecule has 5 heteroatoms. The molecule has 3 atom stereocenters. The van der Waals surface area contributed by atoms with Gasteiger partial charge in [0.2, 0.25) is 0 Å². The van der Waals surface area contributed by atoms with E-state index in [1.54, 1.807) is 31.2 Å². The lowest BCUT2D eigenvalue weighted by Gasteiger charge is -2.21. The van der Waals surface area contributed by atoms with Crippen LogP contribution in [0.1, 0.15) is 18.4 Å². The number of rotatable bonds is 4. The van der Waals surface area contributed by atoms with Crippen molar-refractivity contribution in [3.63, 3.8) is 0 Å². The number of halogens is 1. The highest BCUT2D eigenvalue weighted by molar-refractivity contribution is 6.30. The van der Waals surface area contributed by atoms with Gasteiger partial charge < -0.3 is 5.73 Å². The van der Waals surface area contributed by atoms with E-state index in [1.165, 1.54) is 0 Å². The Morgan fingerprint density at radius 2 is 2.00 bits per heavy atom. The molecule has 0 bridgehead atoms. The molecule has 0 aliphatic heterocycles. The van der Waals surface area contributed by atoms with E-state index in [-0.39, 0.29) is 0 Å². The van der Waals surface area contributed by atoms with E-state index in [4.69, 9.17) is 22.6 Å². The Balaban J connectivity index is 3.06. The van der Waals surface area contributed by atoms with Crippen LogP contribution >= 0.6 is 11.6 Å². The summed E-state index contributed by atoms with van der Waals surface area (Å²) in [6.45, 7) is 1.64. The van der Waals surface area contributed by atoms with Crippen molar-refractivity contribution in [2.75, 3.05) is 0 Å². The standard InChI is InChI=1S/C11H12ClN3O/c1-7(15-16)11(10(14)6-13)8-2-4-9(12)5-3-8/h2-5,7,10-11H,14H2,1H3. The molecule has 0 heterocycles. The van der Waals surface area contributed by atoms with E-state index < -0.39 is 18.0 Å². The zero-order valence-electron chi connectivity index (χ0n) is 8.80. The quantitative estimate of drug-likeness (QED) is 0.817. The monoisotopic (exact) mass is 237 g/mol. The molecule has 2 N–H and O–H groups in total. The van der Waals surface area contributed by atoms with Crippen molar-refractivity contribution in [3.05, 3.63) is 39.8 Å². The van der Waals surface area contributed by atoms with Crippen LogP contribution in [-0.4, -0.2) is 12.1 Å². The molecule has 0 fully saturated rings. The average Bonchev–Trinajstić information content (AvgIpc) is 2.31. The SMILES string of the molecule is CC(N=O)C(c1ccc(Cl)cc1)C(N)C#N. The molecule has 4 nitrogen and oxygen atoms in total. The summed E-state index contributed by atoms with van der Waals surface area (Å²) < 4.78 is 0. The fourth-order valence-electron chi connectivity index (χ4n) is 1.62. The second kappa shape index (κ2) is 5.59.